The van der Waals surface area contributed by atoms with Gasteiger partial charge < -0.3 is 16.0 Å². The van der Waals surface area contributed by atoms with Crippen molar-refractivity contribution in [1.82, 2.24) is 10.6 Å². The second kappa shape index (κ2) is 7.64. The van der Waals surface area contributed by atoms with Crippen LogP contribution < -0.4 is 16.0 Å². The van der Waals surface area contributed by atoms with E-state index in [0.29, 0.717) is 34.7 Å². The smallest absolute Gasteiger partial charge is 0.238 e. The van der Waals surface area contributed by atoms with Gasteiger partial charge in [-0.05, 0) is 25.0 Å². The number of para-hydroxylation sites is 1. The monoisotopic (exact) mass is 329 g/mol. The highest BCUT2D eigenvalue weighted by Gasteiger charge is 2.22. The fourth-order valence-corrected chi connectivity index (χ4v) is 2.22. The van der Waals surface area contributed by atoms with E-state index < -0.39 is 0 Å². The topological polar surface area (TPSA) is 70.2 Å². The first-order valence-corrected chi connectivity index (χ1v) is 7.56. The number of carbonyl (C=O) groups excluding carboxylic acids is 2. The molecule has 1 aromatic rings. The van der Waals surface area contributed by atoms with Gasteiger partial charge in [-0.3, -0.25) is 9.59 Å². The summed E-state index contributed by atoms with van der Waals surface area (Å²) in [5, 5.41) is 9.21. The maximum atomic E-state index is 11.8. The highest BCUT2D eigenvalue weighted by atomic mass is 35.5. The standard InChI is InChI=1S/C14H17Cl2N3O2/c15-10-2-1-3-11(16)14(10)19-13(21)8-17-7-6-12(20)18-9-4-5-9/h1-3,9,17H,4-8H2,(H,18,20)(H,19,21). The Kier molecular flexibility index (Phi) is 5.85. The van der Waals surface area contributed by atoms with Crippen LogP contribution in [0.2, 0.25) is 10.0 Å². The Morgan fingerprint density at radius 1 is 1.14 bits per heavy atom. The Balaban J connectivity index is 1.66. The van der Waals surface area contributed by atoms with Gasteiger partial charge in [0.25, 0.3) is 0 Å². The zero-order chi connectivity index (χ0) is 15.2. The molecule has 21 heavy (non-hydrogen) atoms. The molecule has 1 aromatic carbocycles. The van der Waals surface area contributed by atoms with Gasteiger partial charge in [-0.1, -0.05) is 29.3 Å². The highest BCUT2D eigenvalue weighted by Crippen LogP contribution is 2.29. The molecule has 0 saturated heterocycles. The summed E-state index contributed by atoms with van der Waals surface area (Å²) in [4.78, 5) is 23.2. The number of anilines is 1. The van der Waals surface area contributed by atoms with Crippen LogP contribution in [0.15, 0.2) is 18.2 Å². The predicted octanol–water partition coefficient (Wildman–Crippen LogP) is 2.19. The molecule has 0 aliphatic heterocycles. The molecule has 1 saturated carbocycles. The third kappa shape index (κ3) is 5.53. The van der Waals surface area contributed by atoms with Gasteiger partial charge >= 0.3 is 0 Å². The molecule has 7 heteroatoms. The summed E-state index contributed by atoms with van der Waals surface area (Å²) >= 11 is 11.9. The first kappa shape index (κ1) is 16.1. The van der Waals surface area contributed by atoms with E-state index in [1.54, 1.807) is 18.2 Å². The van der Waals surface area contributed by atoms with Crippen LogP contribution in [0.25, 0.3) is 0 Å². The predicted molar refractivity (Wildman–Crippen MR) is 83.7 cm³/mol. The molecule has 2 rings (SSSR count). The number of carbonyl (C=O) groups is 2. The molecule has 0 heterocycles. The maximum absolute atomic E-state index is 11.8. The Morgan fingerprint density at radius 2 is 1.81 bits per heavy atom. The molecule has 0 unspecified atom stereocenters. The van der Waals surface area contributed by atoms with E-state index in [1.807, 2.05) is 0 Å². The van der Waals surface area contributed by atoms with E-state index in [9.17, 15) is 9.59 Å². The number of rotatable bonds is 7. The van der Waals surface area contributed by atoms with Gasteiger partial charge in [0.15, 0.2) is 0 Å². The van der Waals surface area contributed by atoms with Crippen molar-refractivity contribution < 1.29 is 9.59 Å². The normalized spacial score (nSPS) is 13.8. The Bertz CT molecular complexity index is 513. The Morgan fingerprint density at radius 3 is 2.43 bits per heavy atom. The second-order valence-electron chi connectivity index (χ2n) is 4.91. The first-order chi connectivity index (χ1) is 10.1. The molecule has 1 aliphatic rings. The van der Waals surface area contributed by atoms with E-state index in [0.717, 1.165) is 12.8 Å². The molecule has 0 spiro atoms. The van der Waals surface area contributed by atoms with Gasteiger partial charge in [0.1, 0.15) is 0 Å². The summed E-state index contributed by atoms with van der Waals surface area (Å²) in [6, 6.07) is 5.37. The van der Waals surface area contributed by atoms with Crippen LogP contribution in [-0.4, -0.2) is 30.9 Å². The van der Waals surface area contributed by atoms with Crippen LogP contribution in [0.5, 0.6) is 0 Å². The van der Waals surface area contributed by atoms with E-state index in [2.05, 4.69) is 16.0 Å². The van der Waals surface area contributed by atoms with Crippen LogP contribution >= 0.6 is 23.2 Å². The van der Waals surface area contributed by atoms with E-state index in [1.165, 1.54) is 0 Å². The molecule has 0 bridgehead atoms. The number of hydrogen-bond acceptors (Lipinski definition) is 3. The molecule has 3 N–H and O–H groups in total. The SMILES string of the molecule is O=C(CNCCC(=O)NC1CC1)Nc1c(Cl)cccc1Cl. The van der Waals surface area contributed by atoms with Crippen molar-refractivity contribution in [2.45, 2.75) is 25.3 Å². The molecule has 0 aromatic heterocycles. The fourth-order valence-electron chi connectivity index (χ4n) is 1.73. The van der Waals surface area contributed by atoms with Gasteiger partial charge in [0, 0.05) is 19.0 Å². The lowest BCUT2D eigenvalue weighted by Crippen LogP contribution is -2.33. The van der Waals surface area contributed by atoms with Crippen molar-refractivity contribution >= 4 is 40.7 Å². The van der Waals surface area contributed by atoms with Crippen molar-refractivity contribution in [3.63, 3.8) is 0 Å². The molecule has 114 valence electrons. The minimum Gasteiger partial charge on any atom is -0.353 e. The molecular weight excluding hydrogens is 313 g/mol. The quantitative estimate of drug-likeness (QED) is 0.671. The highest BCUT2D eigenvalue weighted by molar-refractivity contribution is 6.39. The van der Waals surface area contributed by atoms with Gasteiger partial charge in [0.2, 0.25) is 11.8 Å². The summed E-state index contributed by atoms with van der Waals surface area (Å²) in [5.41, 5.74) is 0.402. The summed E-state index contributed by atoms with van der Waals surface area (Å²) < 4.78 is 0. The average molecular weight is 330 g/mol. The minimum absolute atomic E-state index is 0.0135. The molecule has 5 nitrogen and oxygen atoms in total. The zero-order valence-electron chi connectivity index (χ0n) is 11.4. The number of hydrogen-bond donors (Lipinski definition) is 3. The summed E-state index contributed by atoms with van der Waals surface area (Å²) in [7, 11) is 0. The molecule has 0 radical (unpaired) electrons. The summed E-state index contributed by atoms with van der Waals surface area (Å²) in [6.45, 7) is 0.542. The largest absolute Gasteiger partial charge is 0.353 e. The van der Waals surface area contributed by atoms with Gasteiger partial charge in [-0.15, -0.1) is 0 Å². The third-order valence-corrected chi connectivity index (χ3v) is 3.61. The van der Waals surface area contributed by atoms with Gasteiger partial charge in [-0.2, -0.15) is 0 Å². The van der Waals surface area contributed by atoms with Gasteiger partial charge in [0.05, 0.1) is 22.3 Å². The number of nitrogens with one attached hydrogen (secondary N) is 3. The molecule has 1 fully saturated rings. The molecular formula is C14H17Cl2N3O2. The van der Waals surface area contributed by atoms with Crippen LogP contribution in [0.4, 0.5) is 5.69 Å². The summed E-state index contributed by atoms with van der Waals surface area (Å²) in [6.07, 6.45) is 2.50. The van der Waals surface area contributed by atoms with Crippen molar-refractivity contribution in [3.05, 3.63) is 28.2 Å². The zero-order valence-corrected chi connectivity index (χ0v) is 12.9. The first-order valence-electron chi connectivity index (χ1n) is 6.80. The Hall–Kier alpha value is -1.30. The average Bonchev–Trinajstić information content (AvgIpc) is 3.23. The Labute approximate surface area is 133 Å². The van der Waals surface area contributed by atoms with Crippen LogP contribution in [0.1, 0.15) is 19.3 Å². The van der Waals surface area contributed by atoms with E-state index >= 15 is 0 Å². The lowest BCUT2D eigenvalue weighted by molar-refractivity contribution is -0.121. The number of halogens is 2. The number of amides is 2. The second-order valence-corrected chi connectivity index (χ2v) is 5.73. The van der Waals surface area contributed by atoms with E-state index in [-0.39, 0.29) is 18.4 Å². The van der Waals surface area contributed by atoms with Crippen molar-refractivity contribution in [3.8, 4) is 0 Å². The molecule has 1 aliphatic carbocycles. The van der Waals surface area contributed by atoms with E-state index in [4.69, 9.17) is 23.2 Å². The van der Waals surface area contributed by atoms with Crippen LogP contribution in [0.3, 0.4) is 0 Å². The van der Waals surface area contributed by atoms with Crippen molar-refractivity contribution in [2.24, 2.45) is 0 Å². The van der Waals surface area contributed by atoms with Crippen molar-refractivity contribution in [1.29, 1.82) is 0 Å². The third-order valence-electron chi connectivity index (χ3n) is 2.98. The van der Waals surface area contributed by atoms with Crippen LogP contribution in [-0.2, 0) is 9.59 Å². The maximum Gasteiger partial charge on any atom is 0.238 e. The molecule has 0 atom stereocenters. The summed E-state index contributed by atoms with van der Waals surface area (Å²) in [5.74, 6) is -0.243. The van der Waals surface area contributed by atoms with Crippen molar-refractivity contribution in [2.75, 3.05) is 18.4 Å². The van der Waals surface area contributed by atoms with Crippen LogP contribution in [0, 0.1) is 0 Å². The number of benzene rings is 1. The lowest BCUT2D eigenvalue weighted by atomic mass is 10.3. The lowest BCUT2D eigenvalue weighted by Gasteiger charge is -2.09. The fraction of sp³-hybridized carbons (Fsp3) is 0.429. The minimum atomic E-state index is -0.257. The van der Waals surface area contributed by atoms with Gasteiger partial charge in [-0.25, -0.2) is 0 Å². The molecule has 2 amide bonds.